The number of hydrogen-bond donors (Lipinski definition) is 1. The lowest BCUT2D eigenvalue weighted by molar-refractivity contribution is -0.702. The molecule has 0 saturated heterocycles. The molecular formula is C11H18NO3+. The highest BCUT2D eigenvalue weighted by atomic mass is 16.4. The normalized spacial score (nSPS) is 10.5. The summed E-state index contributed by atoms with van der Waals surface area (Å²) in [6.07, 6.45) is 8.92. The average molecular weight is 212 g/mol. The van der Waals surface area contributed by atoms with Crippen LogP contribution in [0.4, 0.5) is 0 Å². The Morgan fingerprint density at radius 3 is 2.80 bits per heavy atom. The molecule has 1 aromatic heterocycles. The Kier molecular flexibility index (Phi) is 4.87. The van der Waals surface area contributed by atoms with Crippen LogP contribution in [0.25, 0.3) is 0 Å². The third kappa shape index (κ3) is 3.73. The van der Waals surface area contributed by atoms with Gasteiger partial charge in [0.25, 0.3) is 0 Å². The highest BCUT2D eigenvalue weighted by Gasteiger charge is 2.22. The lowest BCUT2D eigenvalue weighted by atomic mass is 10.1. The van der Waals surface area contributed by atoms with Crippen LogP contribution < -0.4 is 4.57 Å². The Labute approximate surface area is 89.5 Å². The summed E-state index contributed by atoms with van der Waals surface area (Å²) in [4.78, 5) is 10.7. The van der Waals surface area contributed by atoms with Crippen LogP contribution in [-0.4, -0.2) is 11.1 Å². The predicted octanol–water partition coefficient (Wildman–Crippen LogP) is 2.24. The Hall–Kier alpha value is -1.32. The molecule has 0 bridgehead atoms. The smallest absolute Gasteiger partial charge is 0.461 e. The Balaban J connectivity index is 2.31. The van der Waals surface area contributed by atoms with Crippen LogP contribution in [0.2, 0.25) is 0 Å². The summed E-state index contributed by atoms with van der Waals surface area (Å²) in [7, 11) is 0. The van der Waals surface area contributed by atoms with Crippen LogP contribution >= 0.6 is 0 Å². The molecular weight excluding hydrogens is 194 g/mol. The van der Waals surface area contributed by atoms with Gasteiger partial charge >= 0.3 is 11.9 Å². The third-order valence-electron chi connectivity index (χ3n) is 2.37. The zero-order valence-electron chi connectivity index (χ0n) is 9.11. The van der Waals surface area contributed by atoms with Gasteiger partial charge in [-0.05, 0) is 6.42 Å². The standard InChI is InChI=1S/C11H17NO3/c1-2-3-4-5-6-7-12-8-9-15-10(12)11(13)14/h8-9H,2-7H2,1H3/p+1. The number of aryl methyl sites for hydroxylation is 1. The summed E-state index contributed by atoms with van der Waals surface area (Å²) in [6.45, 7) is 2.90. The minimum atomic E-state index is -1.01. The molecule has 0 aliphatic rings. The van der Waals surface area contributed by atoms with Crippen LogP contribution in [0, 0.1) is 0 Å². The van der Waals surface area contributed by atoms with Gasteiger partial charge < -0.3 is 9.52 Å². The van der Waals surface area contributed by atoms with Gasteiger partial charge in [-0.25, -0.2) is 4.79 Å². The van der Waals surface area contributed by atoms with Crippen LogP contribution in [0.3, 0.4) is 0 Å². The molecule has 0 atom stereocenters. The molecule has 84 valence electrons. The van der Waals surface area contributed by atoms with E-state index in [1.54, 1.807) is 10.8 Å². The predicted molar refractivity (Wildman–Crippen MR) is 54.6 cm³/mol. The van der Waals surface area contributed by atoms with Crippen molar-refractivity contribution in [1.82, 2.24) is 0 Å². The van der Waals surface area contributed by atoms with E-state index in [1.807, 2.05) is 0 Å². The summed E-state index contributed by atoms with van der Waals surface area (Å²) in [5, 5.41) is 8.78. The van der Waals surface area contributed by atoms with Crippen molar-refractivity contribution in [2.45, 2.75) is 45.6 Å². The lowest BCUT2D eigenvalue weighted by Crippen LogP contribution is -2.37. The van der Waals surface area contributed by atoms with E-state index in [9.17, 15) is 4.79 Å². The van der Waals surface area contributed by atoms with Crippen molar-refractivity contribution in [3.05, 3.63) is 18.4 Å². The Morgan fingerprint density at radius 1 is 1.40 bits per heavy atom. The number of carboxylic acid groups (broad SMARTS) is 1. The summed E-state index contributed by atoms with van der Waals surface area (Å²) in [6, 6.07) is 0. The van der Waals surface area contributed by atoms with Gasteiger partial charge in [0.05, 0.1) is 0 Å². The molecule has 0 aliphatic heterocycles. The first kappa shape index (κ1) is 11.8. The first-order valence-electron chi connectivity index (χ1n) is 5.46. The number of oxazole rings is 1. The zero-order chi connectivity index (χ0) is 11.1. The minimum Gasteiger partial charge on any atom is -0.471 e. The number of aromatic carboxylic acids is 1. The molecule has 0 spiro atoms. The highest BCUT2D eigenvalue weighted by molar-refractivity contribution is 5.80. The molecule has 4 nitrogen and oxygen atoms in total. The van der Waals surface area contributed by atoms with Gasteiger partial charge in [-0.3, -0.25) is 0 Å². The van der Waals surface area contributed by atoms with E-state index < -0.39 is 5.97 Å². The Morgan fingerprint density at radius 2 is 2.13 bits per heavy atom. The van der Waals surface area contributed by atoms with E-state index in [0.29, 0.717) is 0 Å². The fourth-order valence-electron chi connectivity index (χ4n) is 1.54. The van der Waals surface area contributed by atoms with Gasteiger partial charge in [0.2, 0.25) is 6.20 Å². The van der Waals surface area contributed by atoms with Gasteiger partial charge in [-0.1, -0.05) is 26.2 Å². The molecule has 1 N–H and O–H groups in total. The molecule has 0 amide bonds. The highest BCUT2D eigenvalue weighted by Crippen LogP contribution is 2.02. The van der Waals surface area contributed by atoms with E-state index in [0.717, 1.165) is 19.4 Å². The second-order valence-electron chi connectivity index (χ2n) is 3.62. The fourth-order valence-corrected chi connectivity index (χ4v) is 1.54. The van der Waals surface area contributed by atoms with Crippen molar-refractivity contribution in [2.75, 3.05) is 0 Å². The maximum atomic E-state index is 10.7. The zero-order valence-corrected chi connectivity index (χ0v) is 9.11. The van der Waals surface area contributed by atoms with Crippen LogP contribution in [-0.2, 0) is 6.54 Å². The molecule has 0 aliphatic carbocycles. The third-order valence-corrected chi connectivity index (χ3v) is 2.37. The number of carboxylic acids is 1. The summed E-state index contributed by atoms with van der Waals surface area (Å²) >= 11 is 0. The van der Waals surface area contributed by atoms with Gasteiger partial charge in [-0.2, -0.15) is 4.57 Å². The molecule has 1 aromatic rings. The van der Waals surface area contributed by atoms with Crippen LogP contribution in [0.15, 0.2) is 16.9 Å². The number of carbonyl (C=O) groups is 1. The second kappa shape index (κ2) is 6.22. The first-order valence-corrected chi connectivity index (χ1v) is 5.46. The summed E-state index contributed by atoms with van der Waals surface area (Å²) < 4.78 is 6.51. The van der Waals surface area contributed by atoms with Gasteiger partial charge in [0.1, 0.15) is 0 Å². The van der Waals surface area contributed by atoms with Gasteiger partial charge in [0, 0.05) is 6.42 Å². The molecule has 0 aromatic carbocycles. The molecule has 0 unspecified atom stereocenters. The monoisotopic (exact) mass is 212 g/mol. The average Bonchev–Trinajstić information content (AvgIpc) is 2.66. The molecule has 4 heteroatoms. The molecule has 1 rings (SSSR count). The largest absolute Gasteiger partial charge is 0.471 e. The molecule has 15 heavy (non-hydrogen) atoms. The topological polar surface area (TPSA) is 54.3 Å². The van der Waals surface area contributed by atoms with E-state index >= 15 is 0 Å². The van der Waals surface area contributed by atoms with Crippen molar-refractivity contribution in [3.8, 4) is 0 Å². The van der Waals surface area contributed by atoms with Crippen molar-refractivity contribution < 1.29 is 18.9 Å². The number of nitrogens with zero attached hydrogens (tertiary/aromatic N) is 1. The quantitative estimate of drug-likeness (QED) is 0.557. The van der Waals surface area contributed by atoms with E-state index in [2.05, 4.69) is 6.92 Å². The number of aromatic nitrogens is 1. The van der Waals surface area contributed by atoms with E-state index in [4.69, 9.17) is 9.52 Å². The van der Waals surface area contributed by atoms with Gasteiger partial charge in [0.15, 0.2) is 12.8 Å². The first-order chi connectivity index (χ1) is 7.25. The maximum Gasteiger partial charge on any atom is 0.461 e. The fraction of sp³-hybridized carbons (Fsp3) is 0.636. The van der Waals surface area contributed by atoms with E-state index in [-0.39, 0.29) is 5.89 Å². The summed E-state index contributed by atoms with van der Waals surface area (Å²) in [5.41, 5.74) is 0. The number of unbranched alkanes of at least 4 members (excludes halogenated alkanes) is 4. The number of rotatable bonds is 7. The van der Waals surface area contributed by atoms with Crippen molar-refractivity contribution in [2.24, 2.45) is 0 Å². The lowest BCUT2D eigenvalue weighted by Gasteiger charge is -1.96. The summed E-state index contributed by atoms with van der Waals surface area (Å²) in [5.74, 6) is -0.987. The SMILES string of the molecule is CCCCCCC[n+]1ccoc1C(=O)O. The van der Waals surface area contributed by atoms with E-state index in [1.165, 1.54) is 25.5 Å². The van der Waals surface area contributed by atoms with Crippen molar-refractivity contribution in [3.63, 3.8) is 0 Å². The second-order valence-corrected chi connectivity index (χ2v) is 3.62. The molecule has 0 radical (unpaired) electrons. The molecule has 0 saturated carbocycles. The van der Waals surface area contributed by atoms with Crippen LogP contribution in [0.1, 0.15) is 49.7 Å². The van der Waals surface area contributed by atoms with Crippen molar-refractivity contribution >= 4 is 5.97 Å². The van der Waals surface area contributed by atoms with Crippen molar-refractivity contribution in [1.29, 1.82) is 0 Å². The maximum absolute atomic E-state index is 10.7. The number of hydrogen-bond acceptors (Lipinski definition) is 2. The van der Waals surface area contributed by atoms with Gasteiger partial charge in [-0.15, -0.1) is 0 Å². The molecule has 0 fully saturated rings. The van der Waals surface area contributed by atoms with Crippen LogP contribution in [0.5, 0.6) is 0 Å². The molecule has 1 heterocycles. The Bertz CT molecular complexity index is 307. The minimum absolute atomic E-state index is 0.0190.